The highest BCUT2D eigenvalue weighted by molar-refractivity contribution is 5.79. The summed E-state index contributed by atoms with van der Waals surface area (Å²) < 4.78 is 7.79. The summed E-state index contributed by atoms with van der Waals surface area (Å²) in [5, 5.41) is 13.5. The molecule has 4 aromatic rings. The minimum atomic E-state index is -0.0530. The zero-order valence-corrected chi connectivity index (χ0v) is 20.2. The average Bonchev–Trinajstić information content (AvgIpc) is 3.55. The lowest BCUT2D eigenvalue weighted by atomic mass is 10.1. The molecule has 1 atom stereocenters. The Hall–Kier alpha value is -3.36. The Balaban J connectivity index is 1.36. The summed E-state index contributed by atoms with van der Waals surface area (Å²) in [5.74, 6) is 0.796. The molecule has 1 N–H and O–H groups in total. The Bertz CT molecular complexity index is 1310. The molecule has 8 heteroatoms. The lowest BCUT2D eigenvalue weighted by molar-refractivity contribution is 0.0663. The van der Waals surface area contributed by atoms with Gasteiger partial charge in [-0.15, -0.1) is 5.10 Å². The Kier molecular flexibility index (Phi) is 7.30. The number of fused-ring (bicyclic) bond motifs is 1. The number of hydrogen-bond donors (Lipinski definition) is 1. The molecule has 0 bridgehead atoms. The largest absolute Gasteiger partial charge is 0.377 e. The molecule has 2 aromatic heterocycles. The molecule has 5 rings (SSSR count). The molecular formula is C27H32N6O2. The van der Waals surface area contributed by atoms with Crippen molar-refractivity contribution in [3.63, 3.8) is 0 Å². The van der Waals surface area contributed by atoms with Gasteiger partial charge in [0.1, 0.15) is 0 Å². The molecule has 0 amide bonds. The summed E-state index contributed by atoms with van der Waals surface area (Å²) in [7, 11) is 0. The number of tetrazole rings is 1. The van der Waals surface area contributed by atoms with Gasteiger partial charge < -0.3 is 9.72 Å². The highest BCUT2D eigenvalue weighted by Gasteiger charge is 2.22. The smallest absolute Gasteiger partial charge is 0.252 e. The van der Waals surface area contributed by atoms with Crippen LogP contribution in [0.4, 0.5) is 0 Å². The number of aryl methyl sites for hydroxylation is 3. The van der Waals surface area contributed by atoms with E-state index in [9.17, 15) is 4.79 Å². The van der Waals surface area contributed by atoms with Gasteiger partial charge in [-0.3, -0.25) is 9.69 Å². The number of pyridine rings is 1. The number of aromatic amines is 1. The molecule has 0 aliphatic carbocycles. The van der Waals surface area contributed by atoms with Crippen molar-refractivity contribution in [1.82, 2.24) is 30.1 Å². The SMILES string of the molecule is CCc1ccc2[nH]c(=O)c(CN(Cc3nnnn3CCc3ccccc3)CC3CCCO3)cc2c1. The van der Waals surface area contributed by atoms with Crippen LogP contribution in [0.25, 0.3) is 10.9 Å². The van der Waals surface area contributed by atoms with Gasteiger partial charge in [-0.2, -0.15) is 0 Å². The highest BCUT2D eigenvalue weighted by atomic mass is 16.5. The van der Waals surface area contributed by atoms with Crippen LogP contribution in [0.1, 0.15) is 42.3 Å². The molecule has 1 aliphatic rings. The van der Waals surface area contributed by atoms with Crippen LogP contribution in [-0.2, 0) is 37.2 Å². The van der Waals surface area contributed by atoms with E-state index >= 15 is 0 Å². The Labute approximate surface area is 204 Å². The molecule has 182 valence electrons. The van der Waals surface area contributed by atoms with Gasteiger partial charge in [0.25, 0.3) is 5.56 Å². The van der Waals surface area contributed by atoms with Crippen molar-refractivity contribution >= 4 is 10.9 Å². The Morgan fingerprint density at radius 2 is 2.00 bits per heavy atom. The van der Waals surface area contributed by atoms with E-state index in [-0.39, 0.29) is 11.7 Å². The molecule has 8 nitrogen and oxygen atoms in total. The number of rotatable bonds is 10. The van der Waals surface area contributed by atoms with Gasteiger partial charge >= 0.3 is 0 Å². The van der Waals surface area contributed by atoms with Crippen LogP contribution in [0.5, 0.6) is 0 Å². The van der Waals surface area contributed by atoms with Gasteiger partial charge in [0.05, 0.1) is 12.6 Å². The average molecular weight is 473 g/mol. The molecule has 1 unspecified atom stereocenters. The summed E-state index contributed by atoms with van der Waals surface area (Å²) in [4.78, 5) is 18.2. The summed E-state index contributed by atoms with van der Waals surface area (Å²) in [5.41, 5.74) is 4.06. The fourth-order valence-corrected chi connectivity index (χ4v) is 4.73. The fourth-order valence-electron chi connectivity index (χ4n) is 4.73. The van der Waals surface area contributed by atoms with E-state index in [1.165, 1.54) is 11.1 Å². The van der Waals surface area contributed by atoms with Crippen molar-refractivity contribution in [3.05, 3.63) is 87.5 Å². The molecule has 1 aliphatic heterocycles. The first kappa shape index (κ1) is 23.4. The number of benzene rings is 2. The predicted molar refractivity (Wildman–Crippen MR) is 135 cm³/mol. The van der Waals surface area contributed by atoms with Crippen LogP contribution in [0.2, 0.25) is 0 Å². The first-order valence-corrected chi connectivity index (χ1v) is 12.5. The van der Waals surface area contributed by atoms with Crippen molar-refractivity contribution in [2.75, 3.05) is 13.2 Å². The van der Waals surface area contributed by atoms with E-state index in [1.54, 1.807) is 0 Å². The number of hydrogen-bond acceptors (Lipinski definition) is 6. The maximum atomic E-state index is 12.9. The van der Waals surface area contributed by atoms with Crippen LogP contribution in [-0.4, -0.2) is 49.3 Å². The molecule has 0 saturated carbocycles. The van der Waals surface area contributed by atoms with Crippen LogP contribution in [0.15, 0.2) is 59.4 Å². The summed E-state index contributed by atoms with van der Waals surface area (Å²) >= 11 is 0. The number of ether oxygens (including phenoxy) is 1. The van der Waals surface area contributed by atoms with Crippen molar-refractivity contribution in [2.24, 2.45) is 0 Å². The van der Waals surface area contributed by atoms with E-state index in [4.69, 9.17) is 4.74 Å². The molecular weight excluding hydrogens is 440 g/mol. The standard InChI is InChI=1S/C27H32N6O2/c1-2-20-10-11-25-22(15-20)16-23(27(34)28-25)17-32(18-24-9-6-14-35-24)19-26-29-30-31-33(26)13-12-21-7-4-3-5-8-21/h3-5,7-8,10-11,15-16,24H,2,6,9,12-14,17-19H2,1H3,(H,28,34). The van der Waals surface area contributed by atoms with Crippen LogP contribution in [0, 0.1) is 0 Å². The first-order chi connectivity index (χ1) is 17.2. The second-order valence-corrected chi connectivity index (χ2v) is 9.26. The third-order valence-corrected chi connectivity index (χ3v) is 6.70. The highest BCUT2D eigenvalue weighted by Crippen LogP contribution is 2.18. The second-order valence-electron chi connectivity index (χ2n) is 9.26. The normalized spacial score (nSPS) is 15.9. The number of nitrogens with one attached hydrogen (secondary N) is 1. The quantitative estimate of drug-likeness (QED) is 0.380. The molecule has 2 aromatic carbocycles. The number of H-pyrrole nitrogens is 1. The predicted octanol–water partition coefficient (Wildman–Crippen LogP) is 3.50. The molecule has 3 heterocycles. The maximum absolute atomic E-state index is 12.9. The maximum Gasteiger partial charge on any atom is 0.252 e. The molecule has 0 radical (unpaired) electrons. The van der Waals surface area contributed by atoms with Crippen molar-refractivity contribution in [2.45, 2.75) is 58.3 Å². The third kappa shape index (κ3) is 5.83. The van der Waals surface area contributed by atoms with Gasteiger partial charge in [-0.1, -0.05) is 43.3 Å². The fraction of sp³-hybridized carbons (Fsp3) is 0.407. The van der Waals surface area contributed by atoms with Crippen LogP contribution < -0.4 is 5.56 Å². The van der Waals surface area contributed by atoms with Gasteiger partial charge in [-0.05, 0) is 70.8 Å². The zero-order valence-electron chi connectivity index (χ0n) is 20.2. The summed E-state index contributed by atoms with van der Waals surface area (Å²) in [6, 6.07) is 18.6. The van der Waals surface area contributed by atoms with Gasteiger partial charge in [0.15, 0.2) is 5.82 Å². The minimum absolute atomic E-state index is 0.0530. The van der Waals surface area contributed by atoms with Crippen molar-refractivity contribution in [3.8, 4) is 0 Å². The summed E-state index contributed by atoms with van der Waals surface area (Å²) in [6.45, 7) is 5.43. The monoisotopic (exact) mass is 472 g/mol. The minimum Gasteiger partial charge on any atom is -0.377 e. The van der Waals surface area contributed by atoms with Crippen LogP contribution >= 0.6 is 0 Å². The van der Waals surface area contributed by atoms with E-state index in [1.807, 2.05) is 35.0 Å². The third-order valence-electron chi connectivity index (χ3n) is 6.70. The lowest BCUT2D eigenvalue weighted by Crippen LogP contribution is -2.34. The first-order valence-electron chi connectivity index (χ1n) is 12.5. The Morgan fingerprint density at radius 3 is 2.80 bits per heavy atom. The molecule has 35 heavy (non-hydrogen) atoms. The van der Waals surface area contributed by atoms with Gasteiger partial charge in [0.2, 0.25) is 0 Å². The topological polar surface area (TPSA) is 88.9 Å². The van der Waals surface area contributed by atoms with Gasteiger partial charge in [0, 0.05) is 37.3 Å². The lowest BCUT2D eigenvalue weighted by Gasteiger charge is -2.24. The van der Waals surface area contributed by atoms with Crippen LogP contribution in [0.3, 0.4) is 0 Å². The molecule has 1 fully saturated rings. The van der Waals surface area contributed by atoms with Gasteiger partial charge in [-0.25, -0.2) is 4.68 Å². The summed E-state index contributed by atoms with van der Waals surface area (Å²) in [6.07, 6.45) is 4.08. The second kappa shape index (κ2) is 10.9. The van der Waals surface area contributed by atoms with Crippen molar-refractivity contribution < 1.29 is 4.74 Å². The van der Waals surface area contributed by atoms with E-state index in [2.05, 4.69) is 56.6 Å². The number of nitrogens with zero attached hydrogens (tertiary/aromatic N) is 5. The van der Waals surface area contributed by atoms with E-state index < -0.39 is 0 Å². The number of aromatic nitrogens is 5. The molecule has 0 spiro atoms. The zero-order chi connectivity index (χ0) is 24.0. The Morgan fingerprint density at radius 1 is 1.11 bits per heavy atom. The van der Waals surface area contributed by atoms with E-state index in [0.29, 0.717) is 19.6 Å². The van der Waals surface area contributed by atoms with E-state index in [0.717, 1.165) is 61.1 Å². The molecule has 1 saturated heterocycles. The van der Waals surface area contributed by atoms with Crippen molar-refractivity contribution in [1.29, 1.82) is 0 Å².